The normalized spacial score (nSPS) is 24.3. The van der Waals surface area contributed by atoms with Gasteiger partial charge in [-0.2, -0.15) is 0 Å². The van der Waals surface area contributed by atoms with Gasteiger partial charge in [0.25, 0.3) is 0 Å². The van der Waals surface area contributed by atoms with Crippen LogP contribution in [0.4, 0.5) is 0 Å². The van der Waals surface area contributed by atoms with Crippen molar-refractivity contribution >= 4 is 11.8 Å². The van der Waals surface area contributed by atoms with Crippen LogP contribution < -0.4 is 10.6 Å². The number of rotatable bonds is 5. The molecule has 0 aromatic heterocycles. The molecule has 6 nitrogen and oxygen atoms in total. The van der Waals surface area contributed by atoms with Crippen LogP contribution in [0.2, 0.25) is 0 Å². The topological polar surface area (TPSA) is 81.7 Å². The van der Waals surface area contributed by atoms with Gasteiger partial charge >= 0.3 is 0 Å². The van der Waals surface area contributed by atoms with Crippen LogP contribution in [0.1, 0.15) is 26.7 Å². The number of aliphatic hydroxyl groups is 1. The van der Waals surface area contributed by atoms with Gasteiger partial charge in [0.1, 0.15) is 6.04 Å². The summed E-state index contributed by atoms with van der Waals surface area (Å²) in [5.41, 5.74) is 0. The molecule has 1 aliphatic heterocycles. The molecule has 3 unspecified atom stereocenters. The standard InChI is InChI=1S/C13H25N3O3/c1-8(2)5-11(13(19)16(3)4)15-12(18)10-6-9(17)7-14-10/h8-11,14,17H,5-7H2,1-4H3,(H,15,18). The number of carbonyl (C=O) groups excluding carboxylic acids is 2. The summed E-state index contributed by atoms with van der Waals surface area (Å²) < 4.78 is 0. The highest BCUT2D eigenvalue weighted by molar-refractivity contribution is 5.89. The summed E-state index contributed by atoms with van der Waals surface area (Å²) in [6.45, 7) is 4.45. The van der Waals surface area contributed by atoms with Gasteiger partial charge < -0.3 is 20.6 Å². The first-order chi connectivity index (χ1) is 8.81. The van der Waals surface area contributed by atoms with Crippen molar-refractivity contribution in [1.29, 1.82) is 0 Å². The van der Waals surface area contributed by atoms with Crippen LogP contribution in [0.3, 0.4) is 0 Å². The van der Waals surface area contributed by atoms with Gasteiger partial charge in [0, 0.05) is 20.6 Å². The third kappa shape index (κ3) is 4.80. The Morgan fingerprint density at radius 3 is 2.47 bits per heavy atom. The molecule has 1 fully saturated rings. The van der Waals surface area contributed by atoms with Crippen molar-refractivity contribution in [1.82, 2.24) is 15.5 Å². The third-order valence-electron chi connectivity index (χ3n) is 3.19. The smallest absolute Gasteiger partial charge is 0.244 e. The van der Waals surface area contributed by atoms with Crippen molar-refractivity contribution in [3.63, 3.8) is 0 Å². The first kappa shape index (κ1) is 15.9. The first-order valence-electron chi connectivity index (χ1n) is 6.74. The number of carbonyl (C=O) groups is 2. The molecule has 1 rings (SSSR count). The zero-order valence-corrected chi connectivity index (χ0v) is 12.1. The molecule has 0 bridgehead atoms. The minimum absolute atomic E-state index is 0.0967. The predicted molar refractivity (Wildman–Crippen MR) is 72.5 cm³/mol. The molecule has 0 saturated carbocycles. The van der Waals surface area contributed by atoms with Crippen molar-refractivity contribution in [2.75, 3.05) is 20.6 Å². The number of aliphatic hydroxyl groups excluding tert-OH is 1. The van der Waals surface area contributed by atoms with Crippen molar-refractivity contribution in [2.45, 2.75) is 44.9 Å². The van der Waals surface area contributed by atoms with Gasteiger partial charge in [0.2, 0.25) is 11.8 Å². The minimum Gasteiger partial charge on any atom is -0.392 e. The van der Waals surface area contributed by atoms with E-state index in [-0.39, 0.29) is 11.8 Å². The molecule has 0 aromatic carbocycles. The fourth-order valence-corrected chi connectivity index (χ4v) is 2.19. The lowest BCUT2D eigenvalue weighted by molar-refractivity contribution is -0.135. The monoisotopic (exact) mass is 271 g/mol. The van der Waals surface area contributed by atoms with Crippen molar-refractivity contribution in [3.8, 4) is 0 Å². The van der Waals surface area contributed by atoms with Gasteiger partial charge in [-0.1, -0.05) is 13.8 Å². The molecule has 1 saturated heterocycles. The van der Waals surface area contributed by atoms with Crippen LogP contribution in [-0.2, 0) is 9.59 Å². The van der Waals surface area contributed by atoms with E-state index >= 15 is 0 Å². The number of nitrogens with one attached hydrogen (secondary N) is 2. The lowest BCUT2D eigenvalue weighted by Crippen LogP contribution is -2.51. The predicted octanol–water partition coefficient (Wildman–Crippen LogP) is -0.672. The molecule has 2 amide bonds. The van der Waals surface area contributed by atoms with E-state index in [1.807, 2.05) is 13.8 Å². The fourth-order valence-electron chi connectivity index (χ4n) is 2.19. The van der Waals surface area contributed by atoms with Gasteiger partial charge in [-0.3, -0.25) is 9.59 Å². The second-order valence-corrected chi connectivity index (χ2v) is 5.77. The van der Waals surface area contributed by atoms with Crippen LogP contribution in [-0.4, -0.2) is 60.6 Å². The van der Waals surface area contributed by atoms with Crippen LogP contribution in [0, 0.1) is 5.92 Å². The fraction of sp³-hybridized carbons (Fsp3) is 0.846. The van der Waals surface area contributed by atoms with E-state index in [4.69, 9.17) is 0 Å². The van der Waals surface area contributed by atoms with Gasteiger partial charge in [-0.15, -0.1) is 0 Å². The maximum absolute atomic E-state index is 12.1. The number of β-amino-alcohol motifs (C(OH)–C–C–N with tert-alkyl or cyclic N) is 1. The molecular formula is C13H25N3O3. The third-order valence-corrected chi connectivity index (χ3v) is 3.19. The molecule has 0 radical (unpaired) electrons. The molecular weight excluding hydrogens is 246 g/mol. The van der Waals surface area contributed by atoms with Crippen LogP contribution >= 0.6 is 0 Å². The second-order valence-electron chi connectivity index (χ2n) is 5.77. The van der Waals surface area contributed by atoms with E-state index in [1.54, 1.807) is 14.1 Å². The Labute approximate surface area is 114 Å². The lowest BCUT2D eigenvalue weighted by Gasteiger charge is -2.24. The van der Waals surface area contributed by atoms with Gasteiger partial charge in [-0.25, -0.2) is 0 Å². The van der Waals surface area contributed by atoms with E-state index in [9.17, 15) is 14.7 Å². The summed E-state index contributed by atoms with van der Waals surface area (Å²) in [7, 11) is 3.36. The van der Waals surface area contributed by atoms with Gasteiger partial charge in [0.15, 0.2) is 0 Å². The zero-order valence-electron chi connectivity index (χ0n) is 12.1. The molecule has 1 aliphatic rings. The summed E-state index contributed by atoms with van der Waals surface area (Å²) >= 11 is 0. The Bertz CT molecular complexity index is 331. The Balaban J connectivity index is 2.61. The quantitative estimate of drug-likeness (QED) is 0.619. The molecule has 0 aromatic rings. The molecule has 110 valence electrons. The molecule has 6 heteroatoms. The lowest BCUT2D eigenvalue weighted by atomic mass is 10.0. The van der Waals surface area contributed by atoms with Crippen molar-refractivity contribution in [2.24, 2.45) is 5.92 Å². The molecule has 0 aliphatic carbocycles. The Morgan fingerprint density at radius 1 is 1.42 bits per heavy atom. The van der Waals surface area contributed by atoms with E-state index in [1.165, 1.54) is 4.90 Å². The first-order valence-corrected chi connectivity index (χ1v) is 6.74. The largest absolute Gasteiger partial charge is 0.392 e. The molecule has 19 heavy (non-hydrogen) atoms. The number of likely N-dealkylation sites (N-methyl/N-ethyl adjacent to an activating group) is 1. The maximum atomic E-state index is 12.1. The average molecular weight is 271 g/mol. The van der Waals surface area contributed by atoms with E-state index in [2.05, 4.69) is 10.6 Å². The van der Waals surface area contributed by atoms with Gasteiger partial charge in [-0.05, 0) is 18.8 Å². The average Bonchev–Trinajstić information content (AvgIpc) is 2.73. The van der Waals surface area contributed by atoms with Gasteiger partial charge in [0.05, 0.1) is 12.1 Å². The summed E-state index contributed by atoms with van der Waals surface area (Å²) in [6.07, 6.45) is 0.526. The Morgan fingerprint density at radius 2 is 2.05 bits per heavy atom. The molecule has 0 spiro atoms. The summed E-state index contributed by atoms with van der Waals surface area (Å²) in [5.74, 6) is 0.00863. The zero-order chi connectivity index (χ0) is 14.6. The van der Waals surface area contributed by atoms with E-state index in [0.29, 0.717) is 25.3 Å². The summed E-state index contributed by atoms with van der Waals surface area (Å²) in [6, 6.07) is -0.901. The number of hydrogen-bond donors (Lipinski definition) is 3. The van der Waals surface area contributed by atoms with Crippen LogP contribution in [0.5, 0.6) is 0 Å². The highest BCUT2D eigenvalue weighted by Gasteiger charge is 2.31. The molecule has 3 N–H and O–H groups in total. The highest BCUT2D eigenvalue weighted by Crippen LogP contribution is 2.10. The van der Waals surface area contributed by atoms with Crippen LogP contribution in [0.25, 0.3) is 0 Å². The number of nitrogens with zero attached hydrogens (tertiary/aromatic N) is 1. The van der Waals surface area contributed by atoms with Crippen molar-refractivity contribution < 1.29 is 14.7 Å². The van der Waals surface area contributed by atoms with Crippen LogP contribution in [0.15, 0.2) is 0 Å². The van der Waals surface area contributed by atoms with Crippen molar-refractivity contribution in [3.05, 3.63) is 0 Å². The summed E-state index contributed by atoms with van der Waals surface area (Å²) in [4.78, 5) is 25.6. The number of hydrogen-bond acceptors (Lipinski definition) is 4. The second kappa shape index (κ2) is 6.86. The molecule has 3 atom stereocenters. The SMILES string of the molecule is CC(C)CC(NC(=O)C1CC(O)CN1)C(=O)N(C)C. The Hall–Kier alpha value is -1.14. The number of amides is 2. The minimum atomic E-state index is -0.498. The maximum Gasteiger partial charge on any atom is 0.244 e. The Kier molecular flexibility index (Phi) is 5.75. The molecule has 1 heterocycles. The summed E-state index contributed by atoms with van der Waals surface area (Å²) in [5, 5.41) is 15.1. The van der Waals surface area contributed by atoms with E-state index < -0.39 is 18.2 Å². The van der Waals surface area contributed by atoms with E-state index in [0.717, 1.165) is 0 Å². The highest BCUT2D eigenvalue weighted by atomic mass is 16.3.